The summed E-state index contributed by atoms with van der Waals surface area (Å²) in [6.07, 6.45) is -5.43. The molecule has 0 unspecified atom stereocenters. The van der Waals surface area contributed by atoms with E-state index >= 15 is 0 Å². The minimum Gasteiger partial charge on any atom is -0.335 e. The summed E-state index contributed by atoms with van der Waals surface area (Å²) in [5.74, 6) is -0.494. The average molecular weight is 524 g/mol. The van der Waals surface area contributed by atoms with E-state index in [-0.39, 0.29) is 37.0 Å². The number of aryl methyl sites for hydroxylation is 1. The lowest BCUT2D eigenvalue weighted by molar-refractivity contribution is -0.143. The molecule has 5 rings (SSSR count). The third-order valence-corrected chi connectivity index (χ3v) is 7.25. The lowest BCUT2D eigenvalue weighted by atomic mass is 9.63. The van der Waals surface area contributed by atoms with Crippen molar-refractivity contribution in [1.29, 1.82) is 0 Å². The predicted molar refractivity (Wildman–Crippen MR) is 120 cm³/mol. The first kappa shape index (κ1) is 25.1. The molecule has 1 aliphatic carbocycles. The number of imidazole rings is 1. The zero-order chi connectivity index (χ0) is 26.8. The van der Waals surface area contributed by atoms with E-state index in [1.54, 1.807) is 17.7 Å². The van der Waals surface area contributed by atoms with Gasteiger partial charge >= 0.3 is 12.4 Å². The zero-order valence-corrected chi connectivity index (χ0v) is 19.7. The Morgan fingerprint density at radius 1 is 0.946 bits per heavy atom. The quantitative estimate of drug-likeness (QED) is 0.454. The highest BCUT2D eigenvalue weighted by Gasteiger charge is 2.45. The minimum atomic E-state index is -4.95. The van der Waals surface area contributed by atoms with Crippen LogP contribution in [0.1, 0.15) is 52.1 Å². The fourth-order valence-corrected chi connectivity index (χ4v) is 5.13. The Labute approximate surface area is 207 Å². The van der Waals surface area contributed by atoms with Crippen LogP contribution in [0, 0.1) is 6.92 Å². The predicted octanol–water partition coefficient (Wildman–Crippen LogP) is 4.96. The number of carbonyl (C=O) groups excluding carboxylic acids is 1. The van der Waals surface area contributed by atoms with Crippen molar-refractivity contribution in [3.05, 3.63) is 81.3 Å². The molecule has 1 amide bonds. The highest BCUT2D eigenvalue weighted by Crippen LogP contribution is 2.47. The highest BCUT2D eigenvalue weighted by molar-refractivity contribution is 5.93. The Morgan fingerprint density at radius 3 is 2.11 bits per heavy atom. The van der Waals surface area contributed by atoms with Crippen molar-refractivity contribution in [3.8, 4) is 5.69 Å². The minimum absolute atomic E-state index is 0.0406. The van der Waals surface area contributed by atoms with Crippen LogP contribution in [0.2, 0.25) is 0 Å². The number of nitrogens with zero attached hydrogens (tertiary/aromatic N) is 4. The maximum absolute atomic E-state index is 13.5. The van der Waals surface area contributed by atoms with E-state index in [4.69, 9.17) is 0 Å². The normalized spacial score (nSPS) is 17.5. The van der Waals surface area contributed by atoms with Crippen LogP contribution < -0.4 is 5.56 Å². The summed E-state index contributed by atoms with van der Waals surface area (Å²) in [6, 6.07) is 4.64. The average Bonchev–Trinajstić information content (AvgIpc) is 3.22. The smallest absolute Gasteiger partial charge is 0.335 e. The van der Waals surface area contributed by atoms with E-state index in [9.17, 15) is 35.9 Å². The maximum Gasteiger partial charge on any atom is 0.416 e. The van der Waals surface area contributed by atoms with Crippen LogP contribution in [-0.4, -0.2) is 38.0 Å². The lowest BCUT2D eigenvalue weighted by Gasteiger charge is -2.47. The maximum atomic E-state index is 13.5. The molecule has 0 bridgehead atoms. The van der Waals surface area contributed by atoms with Crippen molar-refractivity contribution in [2.75, 3.05) is 13.1 Å². The summed E-state index contributed by atoms with van der Waals surface area (Å²) in [4.78, 5) is 31.9. The van der Waals surface area contributed by atoms with Gasteiger partial charge in [0.2, 0.25) is 0 Å². The SMILES string of the molecule is Cc1cn(-c2ccc3n(c2=O)CCN(CC2(c4cc(C(F)(F)F)cc(C(F)(F)F)c4)CCC2)C3=O)cn1. The standard InChI is InChI=1S/C25H22F6N4O2/c1-15-12-34(14-32-15)19-3-4-20-21(36)33(7-8-35(20)22(19)37)13-23(5-2-6-23)16-9-17(24(26,27)28)11-18(10-16)25(29,30)31/h3-4,9-12,14H,2,5-8,13H2,1H3. The van der Waals surface area contributed by atoms with Gasteiger partial charge in [-0.05, 0) is 55.7 Å². The van der Waals surface area contributed by atoms with E-state index < -0.39 is 40.4 Å². The van der Waals surface area contributed by atoms with Crippen LogP contribution in [0.5, 0.6) is 0 Å². The number of fused-ring (bicyclic) bond motifs is 1. The lowest BCUT2D eigenvalue weighted by Crippen LogP contribution is -2.52. The number of benzene rings is 1. The van der Waals surface area contributed by atoms with Gasteiger partial charge < -0.3 is 14.0 Å². The van der Waals surface area contributed by atoms with Crippen molar-refractivity contribution >= 4 is 5.91 Å². The van der Waals surface area contributed by atoms with Crippen molar-refractivity contribution in [2.24, 2.45) is 0 Å². The summed E-state index contributed by atoms with van der Waals surface area (Å²) in [7, 11) is 0. The Bertz CT molecular complexity index is 1400. The van der Waals surface area contributed by atoms with Crippen LogP contribution >= 0.6 is 0 Å². The van der Waals surface area contributed by atoms with Crippen molar-refractivity contribution in [3.63, 3.8) is 0 Å². The third kappa shape index (κ3) is 4.42. The summed E-state index contributed by atoms with van der Waals surface area (Å²) in [6.45, 7) is 1.98. The molecule has 12 heteroatoms. The van der Waals surface area contributed by atoms with Gasteiger partial charge in [0.1, 0.15) is 11.4 Å². The van der Waals surface area contributed by atoms with Crippen LogP contribution in [0.25, 0.3) is 5.69 Å². The molecule has 196 valence electrons. The topological polar surface area (TPSA) is 60.1 Å². The number of pyridine rings is 1. The van der Waals surface area contributed by atoms with Crippen LogP contribution in [0.3, 0.4) is 0 Å². The molecule has 3 aromatic rings. The number of hydrogen-bond acceptors (Lipinski definition) is 3. The first-order valence-electron chi connectivity index (χ1n) is 11.6. The molecular weight excluding hydrogens is 502 g/mol. The van der Waals surface area contributed by atoms with Crippen molar-refractivity contribution in [1.82, 2.24) is 19.0 Å². The van der Waals surface area contributed by atoms with E-state index in [0.717, 1.165) is 12.1 Å². The van der Waals surface area contributed by atoms with E-state index in [2.05, 4.69) is 4.98 Å². The van der Waals surface area contributed by atoms with Gasteiger partial charge in [0, 0.05) is 31.2 Å². The molecule has 0 radical (unpaired) electrons. The van der Waals surface area contributed by atoms with Gasteiger partial charge in [-0.25, -0.2) is 4.98 Å². The number of alkyl halides is 6. The largest absolute Gasteiger partial charge is 0.416 e. The molecule has 2 aromatic heterocycles. The fourth-order valence-electron chi connectivity index (χ4n) is 5.13. The first-order valence-corrected chi connectivity index (χ1v) is 11.6. The molecule has 0 spiro atoms. The van der Waals surface area contributed by atoms with Crippen molar-refractivity contribution in [2.45, 2.75) is 50.5 Å². The van der Waals surface area contributed by atoms with Gasteiger partial charge in [-0.3, -0.25) is 9.59 Å². The molecule has 0 saturated heterocycles. The van der Waals surface area contributed by atoms with Crippen LogP contribution in [0.4, 0.5) is 26.3 Å². The second-order valence-electron chi connectivity index (χ2n) is 9.64. The Kier molecular flexibility index (Phi) is 5.76. The van der Waals surface area contributed by atoms with Gasteiger partial charge in [-0.1, -0.05) is 6.42 Å². The summed E-state index contributed by atoms with van der Waals surface area (Å²) in [5.41, 5.74) is -3.11. The number of aromatic nitrogens is 3. The number of hydrogen-bond donors (Lipinski definition) is 0. The molecule has 1 fully saturated rings. The Hall–Kier alpha value is -3.57. The number of amides is 1. The second-order valence-corrected chi connectivity index (χ2v) is 9.64. The van der Waals surface area contributed by atoms with Gasteiger partial charge in [-0.15, -0.1) is 0 Å². The molecule has 0 N–H and O–H groups in total. The summed E-state index contributed by atoms with van der Waals surface area (Å²) >= 11 is 0. The number of rotatable bonds is 4. The molecule has 6 nitrogen and oxygen atoms in total. The van der Waals surface area contributed by atoms with Gasteiger partial charge in [-0.2, -0.15) is 26.3 Å². The fraction of sp³-hybridized carbons (Fsp3) is 0.400. The van der Waals surface area contributed by atoms with E-state index in [1.807, 2.05) is 0 Å². The molecule has 37 heavy (non-hydrogen) atoms. The second kappa shape index (κ2) is 8.49. The first-order chi connectivity index (χ1) is 17.3. The van der Waals surface area contributed by atoms with E-state index in [0.29, 0.717) is 30.6 Å². The van der Waals surface area contributed by atoms with Gasteiger partial charge in [0.15, 0.2) is 0 Å². The monoisotopic (exact) mass is 524 g/mol. The van der Waals surface area contributed by atoms with Crippen LogP contribution in [-0.2, 0) is 24.3 Å². The van der Waals surface area contributed by atoms with E-state index in [1.165, 1.54) is 27.9 Å². The molecule has 1 aromatic carbocycles. The molecular formula is C25H22F6N4O2. The summed E-state index contributed by atoms with van der Waals surface area (Å²) in [5, 5.41) is 0. The highest BCUT2D eigenvalue weighted by atomic mass is 19.4. The number of halogens is 6. The van der Waals surface area contributed by atoms with Gasteiger partial charge in [0.25, 0.3) is 11.5 Å². The summed E-state index contributed by atoms with van der Waals surface area (Å²) < 4.78 is 83.6. The molecule has 1 saturated carbocycles. The molecule has 2 aliphatic rings. The molecule has 1 aliphatic heterocycles. The zero-order valence-electron chi connectivity index (χ0n) is 19.7. The third-order valence-electron chi connectivity index (χ3n) is 7.25. The molecule has 0 atom stereocenters. The Balaban J connectivity index is 1.48. The Morgan fingerprint density at radius 2 is 1.59 bits per heavy atom. The number of carbonyl (C=O) groups is 1. The molecule has 3 heterocycles. The van der Waals surface area contributed by atoms with Gasteiger partial charge in [0.05, 0.1) is 23.1 Å². The van der Waals surface area contributed by atoms with Crippen LogP contribution in [0.15, 0.2) is 47.7 Å². The van der Waals surface area contributed by atoms with Crippen molar-refractivity contribution < 1.29 is 31.1 Å².